The van der Waals surface area contributed by atoms with Crippen molar-refractivity contribution in [1.82, 2.24) is 10.3 Å². The van der Waals surface area contributed by atoms with E-state index in [0.29, 0.717) is 6.54 Å². The molecule has 6 nitrogen and oxygen atoms in total. The summed E-state index contributed by atoms with van der Waals surface area (Å²) in [5.74, 6) is -0.626. The van der Waals surface area contributed by atoms with Gasteiger partial charge in [0, 0.05) is 25.3 Å². The summed E-state index contributed by atoms with van der Waals surface area (Å²) in [5, 5.41) is 2.93. The number of hydrogen-bond acceptors (Lipinski definition) is 4. The quantitative estimate of drug-likeness (QED) is 0.863. The minimum absolute atomic E-state index is 0.0187. The van der Waals surface area contributed by atoms with Gasteiger partial charge in [-0.05, 0) is 37.5 Å². The number of benzene rings is 1. The first-order valence-corrected chi connectivity index (χ1v) is 8.77. The van der Waals surface area contributed by atoms with E-state index in [2.05, 4.69) is 41.5 Å². The van der Waals surface area contributed by atoms with E-state index in [1.165, 1.54) is 23.9 Å². The number of carbonyl (C=O) groups excluding carboxylic acids is 2. The molecule has 1 aliphatic rings. The topological polar surface area (TPSA) is 94.3 Å². The fourth-order valence-corrected chi connectivity index (χ4v) is 3.17. The van der Waals surface area contributed by atoms with Crippen molar-refractivity contribution in [1.29, 1.82) is 0 Å². The molecule has 0 radical (unpaired) electrons. The zero-order valence-electron chi connectivity index (χ0n) is 14.8. The number of hydrogen-bond donors (Lipinski definition) is 2. The van der Waals surface area contributed by atoms with Gasteiger partial charge in [-0.2, -0.15) is 0 Å². The first-order valence-electron chi connectivity index (χ1n) is 8.77. The van der Waals surface area contributed by atoms with Crippen LogP contribution >= 0.6 is 0 Å². The minimum atomic E-state index is -0.565. The molecule has 2 amide bonds. The molecule has 1 aliphatic heterocycles. The number of amides is 2. The van der Waals surface area contributed by atoms with E-state index in [1.54, 1.807) is 0 Å². The van der Waals surface area contributed by atoms with Crippen LogP contribution in [0.25, 0.3) is 0 Å². The number of nitrogens with one attached hydrogen (secondary N) is 1. The average Bonchev–Trinajstić information content (AvgIpc) is 2.67. The number of aromatic nitrogens is 1. The summed E-state index contributed by atoms with van der Waals surface area (Å²) < 4.78 is 5.98. The van der Waals surface area contributed by atoms with E-state index in [9.17, 15) is 9.59 Å². The maximum absolute atomic E-state index is 12.3. The molecule has 0 bridgehead atoms. The van der Waals surface area contributed by atoms with Crippen LogP contribution in [0.15, 0.2) is 42.6 Å². The van der Waals surface area contributed by atoms with Crippen molar-refractivity contribution in [2.45, 2.75) is 25.9 Å². The molecule has 6 heteroatoms. The summed E-state index contributed by atoms with van der Waals surface area (Å²) in [5.41, 5.74) is 8.07. The van der Waals surface area contributed by atoms with Crippen LogP contribution in [0.3, 0.4) is 0 Å². The van der Waals surface area contributed by atoms with Crippen molar-refractivity contribution in [3.63, 3.8) is 0 Å². The van der Waals surface area contributed by atoms with Gasteiger partial charge in [0.1, 0.15) is 5.69 Å². The molecule has 1 saturated heterocycles. The molecule has 1 aromatic carbocycles. The van der Waals surface area contributed by atoms with Crippen molar-refractivity contribution < 1.29 is 14.3 Å². The SMILES string of the molecule is Cc1ccc(C2OCCCC2CNC(=O)c2ccc(C(N)=O)cn2)cc1. The molecule has 0 spiro atoms. The lowest BCUT2D eigenvalue weighted by Gasteiger charge is -2.32. The Balaban J connectivity index is 1.63. The third-order valence-corrected chi connectivity index (χ3v) is 4.66. The molecule has 2 unspecified atom stereocenters. The Morgan fingerprint density at radius 3 is 2.65 bits per heavy atom. The van der Waals surface area contributed by atoms with Gasteiger partial charge >= 0.3 is 0 Å². The van der Waals surface area contributed by atoms with Gasteiger partial charge in [-0.3, -0.25) is 14.6 Å². The standard InChI is InChI=1S/C20H23N3O3/c1-13-4-6-14(7-5-13)18-15(3-2-10-26-18)11-23-20(25)17-9-8-16(12-22-17)19(21)24/h4-9,12,15,18H,2-3,10-11H2,1H3,(H2,21,24)(H,23,25). The summed E-state index contributed by atoms with van der Waals surface area (Å²) >= 11 is 0. The smallest absolute Gasteiger partial charge is 0.269 e. The number of ether oxygens (including phenoxy) is 1. The van der Waals surface area contributed by atoms with Crippen LogP contribution in [0.4, 0.5) is 0 Å². The van der Waals surface area contributed by atoms with Crippen LogP contribution in [-0.4, -0.2) is 29.9 Å². The molecule has 3 N–H and O–H groups in total. The summed E-state index contributed by atoms with van der Waals surface area (Å²) in [6.45, 7) is 3.30. The first-order chi connectivity index (χ1) is 12.5. The zero-order chi connectivity index (χ0) is 18.5. The van der Waals surface area contributed by atoms with E-state index in [-0.39, 0.29) is 29.2 Å². The zero-order valence-corrected chi connectivity index (χ0v) is 14.8. The van der Waals surface area contributed by atoms with Crippen LogP contribution < -0.4 is 11.1 Å². The molecule has 2 heterocycles. The van der Waals surface area contributed by atoms with E-state index in [4.69, 9.17) is 10.5 Å². The maximum Gasteiger partial charge on any atom is 0.269 e. The maximum atomic E-state index is 12.3. The van der Waals surface area contributed by atoms with Gasteiger partial charge in [-0.15, -0.1) is 0 Å². The van der Waals surface area contributed by atoms with Gasteiger partial charge in [-0.25, -0.2) is 0 Å². The number of aryl methyl sites for hydroxylation is 1. The van der Waals surface area contributed by atoms with Crippen molar-refractivity contribution in [3.8, 4) is 0 Å². The Morgan fingerprint density at radius 1 is 1.23 bits per heavy atom. The summed E-state index contributed by atoms with van der Waals surface area (Å²) in [4.78, 5) is 27.4. The third-order valence-electron chi connectivity index (χ3n) is 4.66. The minimum Gasteiger partial charge on any atom is -0.373 e. The van der Waals surface area contributed by atoms with Gasteiger partial charge in [0.25, 0.3) is 5.91 Å². The highest BCUT2D eigenvalue weighted by Crippen LogP contribution is 2.33. The Hall–Kier alpha value is -2.73. The molecular weight excluding hydrogens is 330 g/mol. The second-order valence-corrected chi connectivity index (χ2v) is 6.61. The van der Waals surface area contributed by atoms with Crippen LogP contribution in [0.1, 0.15) is 50.9 Å². The molecule has 0 saturated carbocycles. The number of pyridine rings is 1. The summed E-state index contributed by atoms with van der Waals surface area (Å²) in [6.07, 6.45) is 3.27. The molecule has 0 aliphatic carbocycles. The van der Waals surface area contributed by atoms with Crippen LogP contribution in [-0.2, 0) is 4.74 Å². The Bertz CT molecular complexity index is 772. The number of nitrogens with zero attached hydrogens (tertiary/aromatic N) is 1. The normalized spacial score (nSPS) is 19.7. The second-order valence-electron chi connectivity index (χ2n) is 6.61. The highest BCUT2D eigenvalue weighted by Gasteiger charge is 2.28. The molecule has 2 atom stereocenters. The average molecular weight is 353 g/mol. The predicted octanol–water partition coefficient (Wildman–Crippen LogP) is 2.39. The van der Waals surface area contributed by atoms with Crippen LogP contribution in [0.5, 0.6) is 0 Å². The van der Waals surface area contributed by atoms with Crippen molar-refractivity contribution >= 4 is 11.8 Å². The second kappa shape index (κ2) is 8.10. The van der Waals surface area contributed by atoms with Gasteiger partial charge in [-0.1, -0.05) is 29.8 Å². The Morgan fingerprint density at radius 2 is 2.00 bits per heavy atom. The Labute approximate surface area is 152 Å². The molecular formula is C20H23N3O3. The van der Waals surface area contributed by atoms with Gasteiger partial charge in [0.2, 0.25) is 5.91 Å². The van der Waals surface area contributed by atoms with E-state index in [0.717, 1.165) is 25.0 Å². The molecule has 136 valence electrons. The first kappa shape index (κ1) is 18.1. The number of rotatable bonds is 5. The van der Waals surface area contributed by atoms with E-state index < -0.39 is 5.91 Å². The largest absolute Gasteiger partial charge is 0.373 e. The van der Waals surface area contributed by atoms with Crippen molar-refractivity contribution in [2.24, 2.45) is 11.7 Å². The number of carbonyl (C=O) groups is 2. The number of primary amides is 1. The highest BCUT2D eigenvalue weighted by molar-refractivity contribution is 5.95. The highest BCUT2D eigenvalue weighted by atomic mass is 16.5. The third kappa shape index (κ3) is 4.26. The van der Waals surface area contributed by atoms with E-state index in [1.807, 2.05) is 0 Å². The summed E-state index contributed by atoms with van der Waals surface area (Å²) in [6, 6.07) is 11.3. The van der Waals surface area contributed by atoms with Crippen molar-refractivity contribution in [3.05, 3.63) is 65.0 Å². The Kier molecular flexibility index (Phi) is 5.63. The predicted molar refractivity (Wildman–Crippen MR) is 97.7 cm³/mol. The molecule has 3 rings (SSSR count). The monoisotopic (exact) mass is 353 g/mol. The van der Waals surface area contributed by atoms with Crippen LogP contribution in [0.2, 0.25) is 0 Å². The molecule has 26 heavy (non-hydrogen) atoms. The lowest BCUT2D eigenvalue weighted by Crippen LogP contribution is -2.35. The lowest BCUT2D eigenvalue weighted by atomic mass is 9.89. The van der Waals surface area contributed by atoms with E-state index >= 15 is 0 Å². The van der Waals surface area contributed by atoms with Gasteiger partial charge in [0.15, 0.2) is 0 Å². The van der Waals surface area contributed by atoms with Gasteiger partial charge < -0.3 is 15.8 Å². The number of nitrogens with two attached hydrogens (primary N) is 1. The van der Waals surface area contributed by atoms with Gasteiger partial charge in [0.05, 0.1) is 11.7 Å². The fraction of sp³-hybridized carbons (Fsp3) is 0.350. The fourth-order valence-electron chi connectivity index (χ4n) is 3.17. The molecule has 1 aromatic heterocycles. The van der Waals surface area contributed by atoms with Crippen molar-refractivity contribution in [2.75, 3.05) is 13.2 Å². The van der Waals surface area contributed by atoms with Crippen LogP contribution in [0, 0.1) is 12.8 Å². The summed E-state index contributed by atoms with van der Waals surface area (Å²) in [7, 11) is 0. The molecule has 1 fully saturated rings. The molecule has 2 aromatic rings. The lowest BCUT2D eigenvalue weighted by molar-refractivity contribution is -0.0272.